The lowest BCUT2D eigenvalue weighted by Crippen LogP contribution is -2.26. The van der Waals surface area contributed by atoms with Gasteiger partial charge in [-0.25, -0.2) is 8.42 Å². The van der Waals surface area contributed by atoms with Gasteiger partial charge in [0.25, 0.3) is 0 Å². The minimum Gasteiger partial charge on any atom is -0.454 e. The fraction of sp³-hybridized carbons (Fsp3) is 0.538. The molecular weight excluding hydrogens is 266 g/mol. The van der Waals surface area contributed by atoms with Crippen molar-refractivity contribution >= 4 is 9.84 Å². The Bertz CT molecular complexity index is 542. The van der Waals surface area contributed by atoms with Crippen LogP contribution in [0.2, 0.25) is 0 Å². The molecule has 0 amide bonds. The van der Waals surface area contributed by atoms with Crippen LogP contribution in [0, 0.1) is 0 Å². The quantitative estimate of drug-likeness (QED) is 0.858. The summed E-state index contributed by atoms with van der Waals surface area (Å²) in [4.78, 5) is 0. The molecule has 0 saturated heterocycles. The summed E-state index contributed by atoms with van der Waals surface area (Å²) in [6, 6.07) is 5.29. The number of sulfone groups is 1. The zero-order valence-electron chi connectivity index (χ0n) is 11.2. The number of benzene rings is 1. The van der Waals surface area contributed by atoms with Crippen molar-refractivity contribution in [2.75, 3.05) is 25.3 Å². The molecule has 1 aliphatic heterocycles. The van der Waals surface area contributed by atoms with E-state index in [1.54, 1.807) is 7.05 Å². The third-order valence-corrected chi connectivity index (χ3v) is 4.95. The molecule has 0 aromatic heterocycles. The van der Waals surface area contributed by atoms with E-state index in [-0.39, 0.29) is 24.3 Å². The highest BCUT2D eigenvalue weighted by Gasteiger charge is 2.21. The van der Waals surface area contributed by atoms with E-state index < -0.39 is 9.84 Å². The monoisotopic (exact) mass is 285 g/mol. The Morgan fingerprint density at radius 1 is 1.32 bits per heavy atom. The lowest BCUT2D eigenvalue weighted by molar-refractivity contribution is 0.174. The highest BCUT2D eigenvalue weighted by Crippen LogP contribution is 2.34. The summed E-state index contributed by atoms with van der Waals surface area (Å²) in [5.41, 5.74) is 0.895. The first kappa shape index (κ1) is 14.1. The van der Waals surface area contributed by atoms with Gasteiger partial charge in [0, 0.05) is 11.8 Å². The zero-order chi connectivity index (χ0) is 13.9. The maximum Gasteiger partial charge on any atom is 0.231 e. The normalized spacial score (nSPS) is 15.5. The fourth-order valence-corrected chi connectivity index (χ4v) is 3.78. The predicted molar refractivity (Wildman–Crippen MR) is 73.3 cm³/mol. The Balaban J connectivity index is 2.18. The van der Waals surface area contributed by atoms with Crippen molar-refractivity contribution in [3.05, 3.63) is 23.8 Å². The van der Waals surface area contributed by atoms with Crippen LogP contribution >= 0.6 is 0 Å². The number of fused-ring (bicyclic) bond motifs is 1. The van der Waals surface area contributed by atoms with E-state index in [0.29, 0.717) is 17.9 Å². The van der Waals surface area contributed by atoms with Gasteiger partial charge in [-0.1, -0.05) is 13.0 Å². The summed E-state index contributed by atoms with van der Waals surface area (Å²) in [6.07, 6.45) is 0.639. The highest BCUT2D eigenvalue weighted by molar-refractivity contribution is 7.91. The number of ether oxygens (including phenoxy) is 2. The molecule has 0 saturated carbocycles. The van der Waals surface area contributed by atoms with Crippen LogP contribution < -0.4 is 14.8 Å². The second-order valence-electron chi connectivity index (χ2n) is 4.57. The lowest BCUT2D eigenvalue weighted by Gasteiger charge is -2.17. The maximum absolute atomic E-state index is 11.9. The topological polar surface area (TPSA) is 64.6 Å². The lowest BCUT2D eigenvalue weighted by atomic mass is 10.1. The molecule has 106 valence electrons. The van der Waals surface area contributed by atoms with Gasteiger partial charge in [-0.3, -0.25) is 0 Å². The Kier molecular flexibility index (Phi) is 4.31. The molecule has 2 rings (SSSR count). The molecule has 1 aromatic rings. The van der Waals surface area contributed by atoms with Gasteiger partial charge in [0.1, 0.15) is 0 Å². The first-order valence-corrected chi connectivity index (χ1v) is 8.15. The molecule has 0 spiro atoms. The summed E-state index contributed by atoms with van der Waals surface area (Å²) in [7, 11) is -1.28. The molecule has 0 bridgehead atoms. The second kappa shape index (κ2) is 5.79. The molecule has 1 aromatic carbocycles. The van der Waals surface area contributed by atoms with Crippen LogP contribution in [0.1, 0.15) is 24.9 Å². The number of rotatable bonds is 6. The second-order valence-corrected chi connectivity index (χ2v) is 6.80. The van der Waals surface area contributed by atoms with Gasteiger partial charge >= 0.3 is 0 Å². The smallest absolute Gasteiger partial charge is 0.231 e. The summed E-state index contributed by atoms with van der Waals surface area (Å²) >= 11 is 0. The molecule has 19 heavy (non-hydrogen) atoms. The average Bonchev–Trinajstić information content (AvgIpc) is 2.83. The molecule has 1 heterocycles. The van der Waals surface area contributed by atoms with Crippen molar-refractivity contribution < 1.29 is 17.9 Å². The molecule has 0 radical (unpaired) electrons. The van der Waals surface area contributed by atoms with E-state index in [9.17, 15) is 8.42 Å². The van der Waals surface area contributed by atoms with Crippen molar-refractivity contribution in [2.24, 2.45) is 0 Å². The van der Waals surface area contributed by atoms with Crippen molar-refractivity contribution in [3.8, 4) is 11.5 Å². The Morgan fingerprint density at radius 2 is 2.05 bits per heavy atom. The molecule has 1 atom stereocenters. The van der Waals surface area contributed by atoms with Crippen LogP contribution in [0.15, 0.2) is 18.2 Å². The van der Waals surface area contributed by atoms with E-state index in [0.717, 1.165) is 5.56 Å². The minimum atomic E-state index is -3.04. The average molecular weight is 285 g/mol. The van der Waals surface area contributed by atoms with Crippen molar-refractivity contribution in [2.45, 2.75) is 19.4 Å². The van der Waals surface area contributed by atoms with Crippen LogP contribution in [0.5, 0.6) is 11.5 Å². The van der Waals surface area contributed by atoms with Crippen LogP contribution in [0.25, 0.3) is 0 Å². The van der Waals surface area contributed by atoms with Gasteiger partial charge in [0.05, 0.1) is 5.75 Å². The van der Waals surface area contributed by atoms with Crippen LogP contribution in [-0.2, 0) is 9.84 Å². The van der Waals surface area contributed by atoms with E-state index in [4.69, 9.17) is 9.47 Å². The summed E-state index contributed by atoms with van der Waals surface area (Å²) < 4.78 is 34.4. The fourth-order valence-electron chi connectivity index (χ4n) is 2.12. The molecule has 5 nitrogen and oxygen atoms in total. The maximum atomic E-state index is 11.9. The van der Waals surface area contributed by atoms with E-state index in [1.807, 2.05) is 25.1 Å². The number of nitrogens with one attached hydrogen (secondary N) is 1. The van der Waals surface area contributed by atoms with Crippen molar-refractivity contribution in [1.29, 1.82) is 0 Å². The molecule has 0 aliphatic carbocycles. The first-order valence-electron chi connectivity index (χ1n) is 6.33. The van der Waals surface area contributed by atoms with Crippen molar-refractivity contribution in [3.63, 3.8) is 0 Å². The van der Waals surface area contributed by atoms with Crippen LogP contribution in [-0.4, -0.2) is 33.8 Å². The van der Waals surface area contributed by atoms with E-state index >= 15 is 0 Å². The SMILES string of the molecule is CCCS(=O)(=O)CC(NC)c1ccc2c(c1)OCO2. The third-order valence-electron chi connectivity index (χ3n) is 3.08. The third kappa shape index (κ3) is 3.39. The summed E-state index contributed by atoms with van der Waals surface area (Å²) in [5.74, 6) is 1.69. The Labute approximate surface area is 113 Å². The van der Waals surface area contributed by atoms with Gasteiger partial charge in [-0.05, 0) is 31.2 Å². The number of hydrogen-bond donors (Lipinski definition) is 1. The van der Waals surface area contributed by atoms with Gasteiger partial charge in [-0.15, -0.1) is 0 Å². The van der Waals surface area contributed by atoms with Crippen LogP contribution in [0.3, 0.4) is 0 Å². The summed E-state index contributed by atoms with van der Waals surface area (Å²) in [5, 5.41) is 3.05. The highest BCUT2D eigenvalue weighted by atomic mass is 32.2. The molecule has 0 fully saturated rings. The van der Waals surface area contributed by atoms with Gasteiger partial charge in [-0.2, -0.15) is 0 Å². The van der Waals surface area contributed by atoms with Gasteiger partial charge in [0.2, 0.25) is 6.79 Å². The molecule has 1 aliphatic rings. The molecule has 1 N–H and O–H groups in total. The summed E-state index contributed by atoms with van der Waals surface area (Å²) in [6.45, 7) is 2.09. The minimum absolute atomic E-state index is 0.0942. The largest absolute Gasteiger partial charge is 0.454 e. The Morgan fingerprint density at radius 3 is 2.74 bits per heavy atom. The predicted octanol–water partition coefficient (Wildman–Crippen LogP) is 1.50. The molecule has 1 unspecified atom stereocenters. The van der Waals surface area contributed by atoms with Gasteiger partial charge in [0.15, 0.2) is 21.3 Å². The van der Waals surface area contributed by atoms with E-state index in [1.165, 1.54) is 0 Å². The standard InChI is InChI=1S/C13H19NO4S/c1-3-6-19(15,16)8-11(14-2)10-4-5-12-13(7-10)18-9-17-12/h4-5,7,11,14H,3,6,8-9H2,1-2H3. The number of hydrogen-bond acceptors (Lipinski definition) is 5. The van der Waals surface area contributed by atoms with Crippen molar-refractivity contribution in [1.82, 2.24) is 5.32 Å². The van der Waals surface area contributed by atoms with E-state index in [2.05, 4.69) is 5.32 Å². The first-order chi connectivity index (χ1) is 9.05. The zero-order valence-corrected chi connectivity index (χ0v) is 12.0. The van der Waals surface area contributed by atoms with Gasteiger partial charge < -0.3 is 14.8 Å². The van der Waals surface area contributed by atoms with Crippen LogP contribution in [0.4, 0.5) is 0 Å². The molecular formula is C13H19NO4S. The molecule has 6 heteroatoms. The Hall–Kier alpha value is -1.27.